The van der Waals surface area contributed by atoms with Gasteiger partial charge in [0.25, 0.3) is 0 Å². The molecule has 0 N–H and O–H groups in total. The van der Waals surface area contributed by atoms with Gasteiger partial charge in [0.15, 0.2) is 0 Å². The first kappa shape index (κ1) is 15.0. The van der Waals surface area contributed by atoms with E-state index in [1.807, 2.05) is 35.2 Å². The first-order chi connectivity index (χ1) is 10.8. The van der Waals surface area contributed by atoms with Gasteiger partial charge in [-0.15, -0.1) is 5.10 Å². The molecule has 0 unspecified atom stereocenters. The molecule has 1 atom stereocenters. The molecule has 1 amide bonds. The van der Waals surface area contributed by atoms with Crippen molar-refractivity contribution < 1.29 is 4.79 Å². The smallest absolute Gasteiger partial charge is 0.240 e. The van der Waals surface area contributed by atoms with E-state index in [-0.39, 0.29) is 11.2 Å². The summed E-state index contributed by atoms with van der Waals surface area (Å²) in [4.78, 5) is 14.9. The molecule has 2 aromatic rings. The molecule has 1 fully saturated rings. The Morgan fingerprint density at radius 3 is 2.55 bits per heavy atom. The van der Waals surface area contributed by atoms with Crippen LogP contribution in [0.4, 0.5) is 0 Å². The van der Waals surface area contributed by atoms with Crippen molar-refractivity contribution in [3.8, 4) is 0 Å². The van der Waals surface area contributed by atoms with Crippen molar-refractivity contribution in [2.24, 2.45) is 7.05 Å². The number of hydrogen-bond donors (Lipinski definition) is 0. The van der Waals surface area contributed by atoms with Gasteiger partial charge in [0.05, 0.1) is 0 Å². The molecule has 2 heterocycles. The van der Waals surface area contributed by atoms with Gasteiger partial charge in [-0.3, -0.25) is 4.79 Å². The summed E-state index contributed by atoms with van der Waals surface area (Å²) in [6.07, 6.45) is 3.38. The third-order valence-electron chi connectivity index (χ3n) is 3.80. The molecule has 1 aliphatic heterocycles. The fourth-order valence-electron chi connectivity index (χ4n) is 2.60. The lowest BCUT2D eigenvalue weighted by molar-refractivity contribution is -0.131. The van der Waals surface area contributed by atoms with E-state index in [1.54, 1.807) is 11.7 Å². The fourth-order valence-corrected chi connectivity index (χ4v) is 3.62. The lowest BCUT2D eigenvalue weighted by atomic mass is 10.1. The molecule has 1 aromatic carbocycles. The van der Waals surface area contributed by atoms with Crippen LogP contribution < -0.4 is 0 Å². The van der Waals surface area contributed by atoms with Crippen LogP contribution in [0.2, 0.25) is 0 Å². The van der Waals surface area contributed by atoms with Crippen molar-refractivity contribution in [1.82, 2.24) is 25.1 Å². The number of nitrogens with zero attached hydrogens (tertiary/aromatic N) is 5. The second-order valence-electron chi connectivity index (χ2n) is 5.38. The number of piperidine rings is 1. The molecule has 22 heavy (non-hydrogen) atoms. The molecular formula is C15H19N5OS. The third-order valence-corrected chi connectivity index (χ3v) is 5.07. The second-order valence-corrected chi connectivity index (χ2v) is 6.45. The van der Waals surface area contributed by atoms with Gasteiger partial charge < -0.3 is 4.90 Å². The first-order valence-electron chi connectivity index (χ1n) is 7.48. The van der Waals surface area contributed by atoms with Crippen LogP contribution in [0.15, 0.2) is 35.5 Å². The Morgan fingerprint density at radius 2 is 1.91 bits per heavy atom. The third kappa shape index (κ3) is 3.30. The minimum absolute atomic E-state index is 0.152. The lowest BCUT2D eigenvalue weighted by Crippen LogP contribution is -2.38. The molecule has 7 heteroatoms. The number of amides is 1. The fraction of sp³-hybridized carbons (Fsp3) is 0.467. The van der Waals surface area contributed by atoms with Crippen LogP contribution >= 0.6 is 11.8 Å². The minimum atomic E-state index is -0.302. The Bertz CT molecular complexity index is 624. The summed E-state index contributed by atoms with van der Waals surface area (Å²) in [5.41, 5.74) is 0.992. The Balaban J connectivity index is 1.85. The maximum absolute atomic E-state index is 13.0. The van der Waals surface area contributed by atoms with Gasteiger partial charge in [-0.2, -0.15) is 0 Å². The van der Waals surface area contributed by atoms with E-state index >= 15 is 0 Å². The van der Waals surface area contributed by atoms with E-state index in [0.717, 1.165) is 31.5 Å². The van der Waals surface area contributed by atoms with Crippen molar-refractivity contribution in [2.75, 3.05) is 13.1 Å². The summed E-state index contributed by atoms with van der Waals surface area (Å²) in [6.45, 7) is 1.69. The van der Waals surface area contributed by atoms with E-state index in [0.29, 0.717) is 5.16 Å². The molecule has 0 bridgehead atoms. The molecule has 6 nitrogen and oxygen atoms in total. The van der Waals surface area contributed by atoms with E-state index in [2.05, 4.69) is 15.5 Å². The molecule has 116 valence electrons. The maximum Gasteiger partial charge on any atom is 0.240 e. The Labute approximate surface area is 133 Å². The normalized spacial score (nSPS) is 16.5. The quantitative estimate of drug-likeness (QED) is 0.808. The maximum atomic E-state index is 13.0. The topological polar surface area (TPSA) is 63.9 Å². The lowest BCUT2D eigenvalue weighted by Gasteiger charge is -2.30. The van der Waals surface area contributed by atoms with Crippen LogP contribution in [0.3, 0.4) is 0 Å². The van der Waals surface area contributed by atoms with E-state index in [9.17, 15) is 4.79 Å². The van der Waals surface area contributed by atoms with Gasteiger partial charge >= 0.3 is 0 Å². The summed E-state index contributed by atoms with van der Waals surface area (Å²) >= 11 is 1.41. The average Bonchev–Trinajstić information content (AvgIpc) is 2.98. The van der Waals surface area contributed by atoms with Crippen LogP contribution in [0, 0.1) is 0 Å². The molecule has 0 spiro atoms. The first-order valence-corrected chi connectivity index (χ1v) is 8.36. The molecule has 0 radical (unpaired) electrons. The van der Waals surface area contributed by atoms with Gasteiger partial charge in [-0.05, 0) is 35.3 Å². The molecule has 1 aliphatic rings. The van der Waals surface area contributed by atoms with Crippen LogP contribution in [0.5, 0.6) is 0 Å². The predicted molar refractivity (Wildman–Crippen MR) is 84.3 cm³/mol. The summed E-state index contributed by atoms with van der Waals surface area (Å²) in [7, 11) is 1.79. The Kier molecular flexibility index (Phi) is 4.72. The van der Waals surface area contributed by atoms with Crippen molar-refractivity contribution in [3.63, 3.8) is 0 Å². The number of likely N-dealkylation sites (tertiary alicyclic amines) is 1. The number of tetrazole rings is 1. The summed E-state index contributed by atoms with van der Waals surface area (Å²) < 4.78 is 1.60. The number of thioether (sulfide) groups is 1. The zero-order valence-electron chi connectivity index (χ0n) is 12.6. The molecule has 1 saturated heterocycles. The number of carbonyl (C=O) groups is 1. The number of hydrogen-bond acceptors (Lipinski definition) is 5. The number of benzene rings is 1. The zero-order chi connectivity index (χ0) is 15.4. The van der Waals surface area contributed by atoms with Crippen LogP contribution in [-0.2, 0) is 11.8 Å². The van der Waals surface area contributed by atoms with Gasteiger partial charge in [-0.25, -0.2) is 4.68 Å². The minimum Gasteiger partial charge on any atom is -0.341 e. The second kappa shape index (κ2) is 6.91. The van der Waals surface area contributed by atoms with E-state index in [1.165, 1.54) is 18.2 Å². The van der Waals surface area contributed by atoms with Crippen LogP contribution in [0.1, 0.15) is 30.1 Å². The Hall–Kier alpha value is -1.89. The SMILES string of the molecule is Cn1nnnc1S[C@@H](C(=O)N1CCCCC1)c1ccccc1. The Morgan fingerprint density at radius 1 is 1.18 bits per heavy atom. The zero-order valence-corrected chi connectivity index (χ0v) is 13.4. The van der Waals surface area contributed by atoms with Crippen molar-refractivity contribution >= 4 is 17.7 Å². The molecular weight excluding hydrogens is 298 g/mol. The molecule has 0 saturated carbocycles. The molecule has 1 aromatic heterocycles. The highest BCUT2D eigenvalue weighted by atomic mass is 32.2. The van der Waals surface area contributed by atoms with Crippen molar-refractivity contribution in [1.29, 1.82) is 0 Å². The predicted octanol–water partition coefficient (Wildman–Crippen LogP) is 2.06. The molecule has 3 rings (SSSR count). The largest absolute Gasteiger partial charge is 0.341 e. The van der Waals surface area contributed by atoms with Crippen LogP contribution in [-0.4, -0.2) is 44.1 Å². The number of carbonyl (C=O) groups excluding carboxylic acids is 1. The summed E-state index contributed by atoms with van der Waals surface area (Å²) in [6, 6.07) is 9.86. The summed E-state index contributed by atoms with van der Waals surface area (Å²) in [5, 5.41) is 11.9. The standard InChI is InChI=1S/C15H19N5OS/c1-19-15(16-17-18-19)22-13(12-8-4-2-5-9-12)14(21)20-10-6-3-7-11-20/h2,4-5,8-9,13H,3,6-7,10-11H2,1H3/t13-/m1/s1. The number of rotatable bonds is 4. The van der Waals surface area contributed by atoms with Crippen LogP contribution in [0.25, 0.3) is 0 Å². The number of aryl methyl sites for hydroxylation is 1. The average molecular weight is 317 g/mol. The van der Waals surface area contributed by atoms with Crippen molar-refractivity contribution in [3.05, 3.63) is 35.9 Å². The van der Waals surface area contributed by atoms with E-state index in [4.69, 9.17) is 0 Å². The highest BCUT2D eigenvalue weighted by Gasteiger charge is 2.29. The van der Waals surface area contributed by atoms with Gasteiger partial charge in [0.1, 0.15) is 5.25 Å². The molecule has 0 aliphatic carbocycles. The van der Waals surface area contributed by atoms with Gasteiger partial charge in [0.2, 0.25) is 11.1 Å². The van der Waals surface area contributed by atoms with Crippen molar-refractivity contribution in [2.45, 2.75) is 29.7 Å². The monoisotopic (exact) mass is 317 g/mol. The van der Waals surface area contributed by atoms with Gasteiger partial charge in [0, 0.05) is 20.1 Å². The highest BCUT2D eigenvalue weighted by molar-refractivity contribution is 8.00. The number of aromatic nitrogens is 4. The van der Waals surface area contributed by atoms with E-state index < -0.39 is 0 Å². The summed E-state index contributed by atoms with van der Waals surface area (Å²) in [5.74, 6) is 0.152. The van der Waals surface area contributed by atoms with Gasteiger partial charge in [-0.1, -0.05) is 42.1 Å². The highest BCUT2D eigenvalue weighted by Crippen LogP contribution is 2.35.